The molecule has 3 N–H and O–H groups in total. The summed E-state index contributed by atoms with van der Waals surface area (Å²) in [6, 6.07) is 0. The second-order valence-electron chi connectivity index (χ2n) is 5.36. The summed E-state index contributed by atoms with van der Waals surface area (Å²) < 4.78 is 0. The van der Waals surface area contributed by atoms with Gasteiger partial charge < -0.3 is 16.0 Å². The number of halogens is 1. The van der Waals surface area contributed by atoms with E-state index in [0.717, 1.165) is 25.7 Å². The number of nitrogens with two attached hydrogens (primary N) is 1. The van der Waals surface area contributed by atoms with Crippen molar-refractivity contribution in [2.45, 2.75) is 50.5 Å². The van der Waals surface area contributed by atoms with Crippen LogP contribution in [0.2, 0.25) is 0 Å². The van der Waals surface area contributed by atoms with Crippen molar-refractivity contribution in [2.24, 2.45) is 5.73 Å². The molecule has 1 fully saturated rings. The smallest absolute Gasteiger partial charge is 0.240 e. The molecule has 6 heteroatoms. The summed E-state index contributed by atoms with van der Waals surface area (Å²) in [4.78, 5) is 24.9. The molecule has 0 aromatic carbocycles. The third-order valence-corrected chi connectivity index (χ3v) is 3.55. The van der Waals surface area contributed by atoms with Crippen molar-refractivity contribution in [1.82, 2.24) is 10.2 Å². The highest BCUT2D eigenvalue weighted by Crippen LogP contribution is 2.25. The number of carbonyl (C=O) groups excluding carboxylic acids is 2. The maximum atomic E-state index is 12.0. The SMILES string of the molecule is CN(C)C(=O)CCCNC(=O)C1(N)CCCCC1.Cl. The standard InChI is InChI=1S/C13H25N3O2.ClH/c1-16(2)11(17)7-6-10-15-12(18)13(14)8-4-3-5-9-13;/h3-10,14H2,1-2H3,(H,15,18);1H. The largest absolute Gasteiger partial charge is 0.354 e. The highest BCUT2D eigenvalue weighted by Gasteiger charge is 2.34. The fraction of sp³-hybridized carbons (Fsp3) is 0.846. The fourth-order valence-electron chi connectivity index (χ4n) is 2.25. The van der Waals surface area contributed by atoms with Crippen molar-refractivity contribution in [2.75, 3.05) is 20.6 Å². The van der Waals surface area contributed by atoms with Crippen LogP contribution in [-0.4, -0.2) is 42.9 Å². The van der Waals surface area contributed by atoms with Crippen LogP contribution in [0.1, 0.15) is 44.9 Å². The molecular weight excluding hydrogens is 266 g/mol. The van der Waals surface area contributed by atoms with Gasteiger partial charge in [-0.25, -0.2) is 0 Å². The highest BCUT2D eigenvalue weighted by atomic mass is 35.5. The van der Waals surface area contributed by atoms with Crippen molar-refractivity contribution in [3.63, 3.8) is 0 Å². The van der Waals surface area contributed by atoms with Crippen molar-refractivity contribution >= 4 is 24.2 Å². The molecule has 1 aliphatic rings. The number of rotatable bonds is 5. The van der Waals surface area contributed by atoms with E-state index in [1.807, 2.05) is 0 Å². The van der Waals surface area contributed by atoms with Gasteiger partial charge in [0.2, 0.25) is 11.8 Å². The van der Waals surface area contributed by atoms with E-state index in [1.54, 1.807) is 19.0 Å². The maximum Gasteiger partial charge on any atom is 0.240 e. The lowest BCUT2D eigenvalue weighted by molar-refractivity contribution is -0.130. The van der Waals surface area contributed by atoms with Crippen LogP contribution >= 0.6 is 12.4 Å². The summed E-state index contributed by atoms with van der Waals surface area (Å²) in [5.74, 6) is 0.0314. The lowest BCUT2D eigenvalue weighted by atomic mass is 9.82. The number of hydrogen-bond donors (Lipinski definition) is 2. The first-order chi connectivity index (χ1) is 8.46. The molecule has 19 heavy (non-hydrogen) atoms. The zero-order chi connectivity index (χ0) is 13.6. The average molecular weight is 292 g/mol. The zero-order valence-corrected chi connectivity index (χ0v) is 12.7. The Morgan fingerprint density at radius 2 is 1.79 bits per heavy atom. The van der Waals surface area contributed by atoms with Crippen LogP contribution in [-0.2, 0) is 9.59 Å². The normalized spacial score (nSPS) is 17.2. The monoisotopic (exact) mass is 291 g/mol. The Bertz CT molecular complexity index is 302. The minimum absolute atomic E-state index is 0. The van der Waals surface area contributed by atoms with E-state index in [2.05, 4.69) is 5.32 Å². The van der Waals surface area contributed by atoms with Crippen LogP contribution in [0.4, 0.5) is 0 Å². The quantitative estimate of drug-likeness (QED) is 0.744. The lowest BCUT2D eigenvalue weighted by Crippen LogP contribution is -2.55. The molecule has 1 rings (SSSR count). The minimum atomic E-state index is -0.677. The Morgan fingerprint density at radius 3 is 2.32 bits per heavy atom. The van der Waals surface area contributed by atoms with E-state index in [1.165, 1.54) is 6.42 Å². The van der Waals surface area contributed by atoms with E-state index in [0.29, 0.717) is 19.4 Å². The van der Waals surface area contributed by atoms with E-state index in [4.69, 9.17) is 5.73 Å². The average Bonchev–Trinajstić information content (AvgIpc) is 2.34. The molecule has 0 bridgehead atoms. The predicted octanol–water partition coefficient (Wildman–Crippen LogP) is 1.05. The Morgan fingerprint density at radius 1 is 1.21 bits per heavy atom. The van der Waals surface area contributed by atoms with Crippen LogP contribution in [0, 0.1) is 0 Å². The number of hydrogen-bond acceptors (Lipinski definition) is 3. The van der Waals surface area contributed by atoms with E-state index >= 15 is 0 Å². The lowest BCUT2D eigenvalue weighted by Gasteiger charge is -2.31. The Labute approximate surface area is 121 Å². The first-order valence-electron chi connectivity index (χ1n) is 6.73. The summed E-state index contributed by atoms with van der Waals surface area (Å²) in [6.45, 7) is 0.525. The van der Waals surface area contributed by atoms with E-state index in [-0.39, 0.29) is 24.2 Å². The van der Waals surface area contributed by atoms with Gasteiger partial charge in [-0.1, -0.05) is 19.3 Å². The number of nitrogens with one attached hydrogen (secondary N) is 1. The second-order valence-corrected chi connectivity index (χ2v) is 5.36. The van der Waals surface area contributed by atoms with Crippen molar-refractivity contribution < 1.29 is 9.59 Å². The van der Waals surface area contributed by atoms with E-state index in [9.17, 15) is 9.59 Å². The topological polar surface area (TPSA) is 75.4 Å². The highest BCUT2D eigenvalue weighted by molar-refractivity contribution is 5.86. The fourth-order valence-corrected chi connectivity index (χ4v) is 2.25. The van der Waals surface area contributed by atoms with Crippen LogP contribution in [0.25, 0.3) is 0 Å². The molecule has 0 spiro atoms. The molecule has 1 saturated carbocycles. The second kappa shape index (κ2) is 8.38. The van der Waals surface area contributed by atoms with Gasteiger partial charge in [-0.3, -0.25) is 9.59 Å². The van der Waals surface area contributed by atoms with Crippen LogP contribution in [0.5, 0.6) is 0 Å². The van der Waals surface area contributed by atoms with Gasteiger partial charge in [0.1, 0.15) is 0 Å². The Balaban J connectivity index is 0.00000324. The maximum absolute atomic E-state index is 12.0. The van der Waals surface area contributed by atoms with Crippen LogP contribution in [0.15, 0.2) is 0 Å². The van der Waals surface area contributed by atoms with Gasteiger partial charge in [0.25, 0.3) is 0 Å². The summed E-state index contributed by atoms with van der Waals surface area (Å²) in [7, 11) is 3.47. The molecule has 0 aliphatic heterocycles. The van der Waals surface area contributed by atoms with Crippen molar-refractivity contribution in [3.8, 4) is 0 Å². The van der Waals surface area contributed by atoms with Gasteiger partial charge >= 0.3 is 0 Å². The minimum Gasteiger partial charge on any atom is -0.354 e. The first-order valence-corrected chi connectivity index (χ1v) is 6.73. The molecule has 112 valence electrons. The third kappa shape index (κ3) is 5.78. The molecule has 0 heterocycles. The number of amides is 2. The zero-order valence-electron chi connectivity index (χ0n) is 11.9. The number of nitrogens with zero attached hydrogens (tertiary/aromatic N) is 1. The van der Waals surface area contributed by atoms with Gasteiger partial charge in [-0.15, -0.1) is 12.4 Å². The van der Waals surface area contributed by atoms with Gasteiger partial charge in [0, 0.05) is 27.1 Å². The Kier molecular flexibility index (Phi) is 8.02. The van der Waals surface area contributed by atoms with Crippen molar-refractivity contribution in [1.29, 1.82) is 0 Å². The van der Waals surface area contributed by atoms with Gasteiger partial charge in [-0.05, 0) is 19.3 Å². The molecule has 2 amide bonds. The summed E-state index contributed by atoms with van der Waals surface area (Å²) in [5, 5.41) is 2.85. The van der Waals surface area contributed by atoms with Gasteiger partial charge in [0.05, 0.1) is 5.54 Å². The third-order valence-electron chi connectivity index (χ3n) is 3.55. The first kappa shape index (κ1) is 18.2. The Hall–Kier alpha value is -0.810. The summed E-state index contributed by atoms with van der Waals surface area (Å²) in [5.41, 5.74) is 5.43. The summed E-state index contributed by atoms with van der Waals surface area (Å²) in [6.07, 6.45) is 5.91. The predicted molar refractivity (Wildman–Crippen MR) is 78.2 cm³/mol. The molecule has 0 unspecified atom stereocenters. The molecule has 0 atom stereocenters. The molecule has 0 saturated heterocycles. The molecule has 1 aliphatic carbocycles. The molecular formula is C13H26ClN3O2. The van der Waals surface area contributed by atoms with E-state index < -0.39 is 5.54 Å². The molecule has 0 aromatic rings. The van der Waals surface area contributed by atoms with Crippen LogP contribution < -0.4 is 11.1 Å². The van der Waals surface area contributed by atoms with Gasteiger partial charge in [-0.2, -0.15) is 0 Å². The molecule has 0 aromatic heterocycles. The van der Waals surface area contributed by atoms with Gasteiger partial charge in [0.15, 0.2) is 0 Å². The molecule has 5 nitrogen and oxygen atoms in total. The van der Waals surface area contributed by atoms with Crippen LogP contribution in [0.3, 0.4) is 0 Å². The molecule has 0 radical (unpaired) electrons. The summed E-state index contributed by atoms with van der Waals surface area (Å²) >= 11 is 0. The van der Waals surface area contributed by atoms with Crippen molar-refractivity contribution in [3.05, 3.63) is 0 Å². The number of carbonyl (C=O) groups is 2.